The van der Waals surface area contributed by atoms with Crippen LogP contribution < -0.4 is 5.32 Å². The van der Waals surface area contributed by atoms with Gasteiger partial charge in [-0.25, -0.2) is 4.98 Å². The van der Waals surface area contributed by atoms with Crippen LogP contribution in [0, 0.1) is 5.92 Å². The van der Waals surface area contributed by atoms with Crippen LogP contribution in [0.1, 0.15) is 15.9 Å². The first-order chi connectivity index (χ1) is 11.8. The molecule has 3 aromatic rings. The van der Waals surface area contributed by atoms with Crippen LogP contribution in [0.15, 0.2) is 53.5 Å². The molecule has 5 nitrogen and oxygen atoms in total. The minimum Gasteiger partial charge on any atom is -0.396 e. The van der Waals surface area contributed by atoms with Crippen LogP contribution in [0.25, 0.3) is 11.4 Å². The number of aliphatic hydroxyl groups is 1. The number of carbonyl (C=O) groups excluding carboxylic acids is 1. The summed E-state index contributed by atoms with van der Waals surface area (Å²) in [6.45, 7) is 0.485. The highest BCUT2D eigenvalue weighted by Gasteiger charge is 2.13. The molecule has 0 saturated heterocycles. The van der Waals surface area contributed by atoms with Gasteiger partial charge >= 0.3 is 0 Å². The maximum Gasteiger partial charge on any atom is 0.251 e. The minimum atomic E-state index is -0.146. The summed E-state index contributed by atoms with van der Waals surface area (Å²) in [6, 6.07) is 9.36. The summed E-state index contributed by atoms with van der Waals surface area (Å²) >= 11 is 1.64. The van der Waals surface area contributed by atoms with E-state index in [2.05, 4.69) is 20.7 Å². The molecule has 0 spiro atoms. The van der Waals surface area contributed by atoms with Crippen LogP contribution in [-0.2, 0) is 6.42 Å². The average Bonchev–Trinajstić information content (AvgIpc) is 3.32. The number of aromatic amines is 1. The van der Waals surface area contributed by atoms with Gasteiger partial charge in [-0.3, -0.25) is 4.79 Å². The number of nitrogens with zero attached hydrogens (tertiary/aromatic N) is 1. The molecular formula is C18H19N3O2S. The number of imidazole rings is 1. The molecule has 0 bridgehead atoms. The van der Waals surface area contributed by atoms with Gasteiger partial charge in [0.15, 0.2) is 0 Å². The molecule has 1 aromatic carbocycles. The molecule has 1 amide bonds. The Balaban J connectivity index is 1.61. The van der Waals surface area contributed by atoms with Crippen molar-refractivity contribution >= 4 is 17.2 Å². The number of thiophene rings is 1. The SMILES string of the molecule is O=C(NCC(CO)Cc1ccsc1)c1cccc(-c2ncc[nH]2)c1. The Morgan fingerprint density at radius 1 is 1.38 bits per heavy atom. The monoisotopic (exact) mass is 341 g/mol. The van der Waals surface area contributed by atoms with E-state index in [0.29, 0.717) is 12.1 Å². The molecule has 0 aliphatic rings. The summed E-state index contributed by atoms with van der Waals surface area (Å²) < 4.78 is 0. The summed E-state index contributed by atoms with van der Waals surface area (Å²) in [5, 5.41) is 16.5. The van der Waals surface area contributed by atoms with Crippen molar-refractivity contribution in [1.29, 1.82) is 0 Å². The lowest BCUT2D eigenvalue weighted by Gasteiger charge is -2.14. The quantitative estimate of drug-likeness (QED) is 0.618. The van der Waals surface area contributed by atoms with Crippen LogP contribution in [0.4, 0.5) is 0 Å². The highest BCUT2D eigenvalue weighted by molar-refractivity contribution is 7.07. The number of aromatic nitrogens is 2. The molecule has 6 heteroatoms. The van der Waals surface area contributed by atoms with Gasteiger partial charge in [0.1, 0.15) is 5.82 Å². The van der Waals surface area contributed by atoms with Gasteiger partial charge in [-0.1, -0.05) is 12.1 Å². The van der Waals surface area contributed by atoms with E-state index in [1.54, 1.807) is 35.9 Å². The minimum absolute atomic E-state index is 0.0109. The largest absolute Gasteiger partial charge is 0.396 e. The molecule has 2 heterocycles. The number of hydrogen-bond acceptors (Lipinski definition) is 4. The molecule has 3 N–H and O–H groups in total. The lowest BCUT2D eigenvalue weighted by atomic mass is 10.0. The van der Waals surface area contributed by atoms with E-state index in [-0.39, 0.29) is 18.4 Å². The molecule has 0 aliphatic carbocycles. The standard InChI is InChI=1S/C18H19N3O2S/c22-11-14(8-13-4-7-24-12-13)10-21-18(23)16-3-1-2-15(9-16)17-19-5-6-20-17/h1-7,9,12,14,22H,8,10-11H2,(H,19,20)(H,21,23). The smallest absolute Gasteiger partial charge is 0.251 e. The van der Waals surface area contributed by atoms with Crippen molar-refractivity contribution in [2.24, 2.45) is 5.92 Å². The van der Waals surface area contributed by atoms with Crippen molar-refractivity contribution in [3.63, 3.8) is 0 Å². The Kier molecular flexibility index (Phi) is 5.40. The first-order valence-electron chi connectivity index (χ1n) is 7.76. The summed E-state index contributed by atoms with van der Waals surface area (Å²) in [6.07, 6.45) is 4.18. The van der Waals surface area contributed by atoms with Crippen LogP contribution in [-0.4, -0.2) is 34.1 Å². The van der Waals surface area contributed by atoms with Gasteiger partial charge in [0.25, 0.3) is 5.91 Å². The van der Waals surface area contributed by atoms with Gasteiger partial charge < -0.3 is 15.4 Å². The average molecular weight is 341 g/mol. The predicted molar refractivity (Wildman–Crippen MR) is 95.0 cm³/mol. The number of H-pyrrole nitrogens is 1. The molecule has 3 rings (SSSR count). The summed E-state index contributed by atoms with van der Waals surface area (Å²) in [5.41, 5.74) is 2.63. The lowest BCUT2D eigenvalue weighted by molar-refractivity contribution is 0.0940. The van der Waals surface area contributed by atoms with Gasteiger partial charge in [0, 0.05) is 42.6 Å². The fraction of sp³-hybridized carbons (Fsp3) is 0.222. The molecule has 0 saturated carbocycles. The number of benzene rings is 1. The Hall–Kier alpha value is -2.44. The zero-order valence-electron chi connectivity index (χ0n) is 13.1. The topological polar surface area (TPSA) is 78.0 Å². The number of aliphatic hydroxyl groups excluding tert-OH is 1. The highest BCUT2D eigenvalue weighted by atomic mass is 32.1. The molecule has 2 aromatic heterocycles. The molecule has 0 aliphatic heterocycles. The normalized spacial score (nSPS) is 12.0. The number of nitrogens with one attached hydrogen (secondary N) is 2. The zero-order valence-corrected chi connectivity index (χ0v) is 13.9. The molecule has 1 unspecified atom stereocenters. The first kappa shape index (κ1) is 16.4. The van der Waals surface area contributed by atoms with E-state index < -0.39 is 0 Å². The van der Waals surface area contributed by atoms with Crippen LogP contribution in [0.3, 0.4) is 0 Å². The van der Waals surface area contributed by atoms with E-state index in [4.69, 9.17) is 0 Å². The lowest BCUT2D eigenvalue weighted by Crippen LogP contribution is -2.31. The van der Waals surface area contributed by atoms with Crippen LogP contribution in [0.5, 0.6) is 0 Å². The molecule has 0 fully saturated rings. The van der Waals surface area contributed by atoms with Crippen molar-refractivity contribution in [3.8, 4) is 11.4 Å². The van der Waals surface area contributed by atoms with Gasteiger partial charge in [-0.15, -0.1) is 0 Å². The molecule has 0 radical (unpaired) electrons. The second kappa shape index (κ2) is 7.90. The van der Waals surface area contributed by atoms with E-state index >= 15 is 0 Å². The first-order valence-corrected chi connectivity index (χ1v) is 8.70. The van der Waals surface area contributed by atoms with E-state index in [9.17, 15) is 9.90 Å². The molecule has 124 valence electrons. The van der Waals surface area contributed by atoms with Crippen LogP contribution >= 0.6 is 11.3 Å². The third-order valence-electron chi connectivity index (χ3n) is 3.81. The number of hydrogen-bond donors (Lipinski definition) is 3. The van der Waals surface area contributed by atoms with E-state index in [1.807, 2.05) is 23.6 Å². The maximum atomic E-state index is 12.4. The molecular weight excluding hydrogens is 322 g/mol. The number of amides is 1. The summed E-state index contributed by atoms with van der Waals surface area (Å²) in [4.78, 5) is 19.6. The summed E-state index contributed by atoms with van der Waals surface area (Å²) in [7, 11) is 0. The third-order valence-corrected chi connectivity index (χ3v) is 4.54. The Labute approximate surface area is 144 Å². The number of carbonyl (C=O) groups is 1. The zero-order chi connectivity index (χ0) is 16.8. The Bertz CT molecular complexity index is 769. The third kappa shape index (κ3) is 4.10. The van der Waals surface area contributed by atoms with Gasteiger partial charge in [0.2, 0.25) is 0 Å². The van der Waals surface area contributed by atoms with Gasteiger partial charge in [0.05, 0.1) is 0 Å². The summed E-state index contributed by atoms with van der Waals surface area (Å²) in [5.74, 6) is 0.597. The Morgan fingerprint density at radius 3 is 3.00 bits per heavy atom. The number of rotatable bonds is 7. The van der Waals surface area contributed by atoms with Crippen molar-refractivity contribution in [2.75, 3.05) is 13.2 Å². The van der Waals surface area contributed by atoms with Gasteiger partial charge in [-0.2, -0.15) is 11.3 Å². The maximum absolute atomic E-state index is 12.4. The van der Waals surface area contributed by atoms with Crippen molar-refractivity contribution in [2.45, 2.75) is 6.42 Å². The second-order valence-electron chi connectivity index (χ2n) is 5.61. The van der Waals surface area contributed by atoms with E-state index in [0.717, 1.165) is 17.8 Å². The second-order valence-corrected chi connectivity index (χ2v) is 6.39. The van der Waals surface area contributed by atoms with Crippen molar-refractivity contribution < 1.29 is 9.90 Å². The fourth-order valence-corrected chi connectivity index (χ4v) is 3.19. The molecule has 1 atom stereocenters. The predicted octanol–water partition coefficient (Wildman–Crippen LogP) is 2.72. The molecule has 24 heavy (non-hydrogen) atoms. The van der Waals surface area contributed by atoms with E-state index in [1.165, 1.54) is 5.56 Å². The highest BCUT2D eigenvalue weighted by Crippen LogP contribution is 2.16. The van der Waals surface area contributed by atoms with Crippen molar-refractivity contribution in [3.05, 3.63) is 64.6 Å². The van der Waals surface area contributed by atoms with Gasteiger partial charge in [-0.05, 0) is 40.9 Å². The fourth-order valence-electron chi connectivity index (χ4n) is 2.51. The van der Waals surface area contributed by atoms with Crippen molar-refractivity contribution in [1.82, 2.24) is 15.3 Å². The van der Waals surface area contributed by atoms with Crippen LogP contribution in [0.2, 0.25) is 0 Å². The Morgan fingerprint density at radius 2 is 2.29 bits per heavy atom.